The Morgan fingerprint density at radius 3 is 2.62 bits per heavy atom. The lowest BCUT2D eigenvalue weighted by Crippen LogP contribution is -2.47. The first-order chi connectivity index (χ1) is 16.6. The van der Waals surface area contributed by atoms with Gasteiger partial charge in [0.15, 0.2) is 5.69 Å². The number of piperazine rings is 1. The summed E-state index contributed by atoms with van der Waals surface area (Å²) in [7, 11) is 2.10. The molecule has 3 aromatic carbocycles. The van der Waals surface area contributed by atoms with Crippen molar-refractivity contribution in [3.8, 4) is 0 Å². The normalized spacial score (nSPS) is 14.4. The van der Waals surface area contributed by atoms with Crippen molar-refractivity contribution in [3.63, 3.8) is 0 Å². The molecule has 1 amide bonds. The minimum absolute atomic E-state index is 0.126. The summed E-state index contributed by atoms with van der Waals surface area (Å²) in [6, 6.07) is 20.2. The Hall–Kier alpha value is -3.40. The van der Waals surface area contributed by atoms with E-state index in [1.807, 2.05) is 47.5 Å². The summed E-state index contributed by atoms with van der Waals surface area (Å²) in [5, 5.41) is 3.30. The molecule has 6 heteroatoms. The van der Waals surface area contributed by atoms with Gasteiger partial charge in [0.05, 0.1) is 12.1 Å². The predicted octanol–water partition coefficient (Wildman–Crippen LogP) is 5.66. The number of rotatable bonds is 5. The first-order valence-corrected chi connectivity index (χ1v) is 12.5. The van der Waals surface area contributed by atoms with Crippen molar-refractivity contribution in [1.82, 2.24) is 14.8 Å². The number of hydrogen-bond donors (Lipinski definition) is 0. The van der Waals surface area contributed by atoms with E-state index in [2.05, 4.69) is 46.0 Å². The van der Waals surface area contributed by atoms with Crippen molar-refractivity contribution in [2.45, 2.75) is 11.3 Å². The van der Waals surface area contributed by atoms with Crippen LogP contribution in [0.2, 0.25) is 0 Å². The van der Waals surface area contributed by atoms with Gasteiger partial charge in [-0.15, -0.1) is 11.8 Å². The van der Waals surface area contributed by atoms with Crippen LogP contribution in [0.15, 0.2) is 71.8 Å². The van der Waals surface area contributed by atoms with Crippen LogP contribution in [-0.4, -0.2) is 59.7 Å². The van der Waals surface area contributed by atoms with Crippen LogP contribution in [0, 0.1) is 6.57 Å². The Kier molecular flexibility index (Phi) is 6.48. The van der Waals surface area contributed by atoms with Crippen molar-refractivity contribution in [3.05, 3.63) is 89.4 Å². The van der Waals surface area contributed by atoms with Gasteiger partial charge in [0, 0.05) is 54.0 Å². The van der Waals surface area contributed by atoms with Crippen LogP contribution in [-0.2, 0) is 6.42 Å². The van der Waals surface area contributed by atoms with Gasteiger partial charge in [-0.25, -0.2) is 4.85 Å². The number of amides is 1. The molecule has 1 saturated heterocycles. The second-order valence-corrected chi connectivity index (χ2v) is 9.85. The van der Waals surface area contributed by atoms with Gasteiger partial charge in [-0.05, 0) is 60.1 Å². The Balaban J connectivity index is 1.26. The Morgan fingerprint density at radius 2 is 1.79 bits per heavy atom. The fourth-order valence-corrected chi connectivity index (χ4v) is 5.39. The Labute approximate surface area is 204 Å². The van der Waals surface area contributed by atoms with E-state index in [9.17, 15) is 4.79 Å². The van der Waals surface area contributed by atoms with Crippen LogP contribution in [0.3, 0.4) is 0 Å². The van der Waals surface area contributed by atoms with Crippen LogP contribution >= 0.6 is 11.8 Å². The van der Waals surface area contributed by atoms with Crippen LogP contribution in [0.4, 0.5) is 5.69 Å². The minimum Gasteiger partial charge on any atom is -0.336 e. The fraction of sp³-hybridized carbons (Fsp3) is 0.250. The number of pyridine rings is 1. The van der Waals surface area contributed by atoms with Gasteiger partial charge in [-0.1, -0.05) is 30.3 Å². The highest BCUT2D eigenvalue weighted by molar-refractivity contribution is 7.99. The third-order valence-corrected chi connectivity index (χ3v) is 7.48. The van der Waals surface area contributed by atoms with E-state index in [1.54, 1.807) is 11.8 Å². The first kappa shape index (κ1) is 22.4. The standard InChI is InChI=1S/C28H26N4OS/c1-29-24-7-8-26-25(19-24)27(9-11-30-26)34-16-10-20-3-4-22-18-23(6-5-21(22)17-20)28(33)32-14-12-31(2)13-15-32/h3-9,11,17-19H,10,12-16H2,2H3. The lowest BCUT2D eigenvalue weighted by molar-refractivity contribution is 0.0664. The van der Waals surface area contributed by atoms with Crippen molar-refractivity contribution in [2.24, 2.45) is 0 Å². The van der Waals surface area contributed by atoms with Crippen LogP contribution in [0.5, 0.6) is 0 Å². The number of carbonyl (C=O) groups excluding carboxylic acids is 1. The zero-order valence-electron chi connectivity index (χ0n) is 19.2. The molecule has 4 aromatic rings. The highest BCUT2D eigenvalue weighted by Gasteiger charge is 2.20. The van der Waals surface area contributed by atoms with Crippen LogP contribution < -0.4 is 0 Å². The molecule has 0 atom stereocenters. The zero-order valence-corrected chi connectivity index (χ0v) is 20.0. The van der Waals surface area contributed by atoms with Gasteiger partial charge in [0.2, 0.25) is 0 Å². The summed E-state index contributed by atoms with van der Waals surface area (Å²) in [6.07, 6.45) is 2.77. The number of aromatic nitrogens is 1. The monoisotopic (exact) mass is 466 g/mol. The number of benzene rings is 3. The van der Waals surface area contributed by atoms with Crippen LogP contribution in [0.1, 0.15) is 15.9 Å². The molecule has 0 bridgehead atoms. The SMILES string of the molecule is [C-]#[N+]c1ccc2nccc(SCCc3ccc4cc(C(=O)N5CCN(C)CC5)ccc4c3)c2c1. The number of likely N-dealkylation sites (N-methyl/N-ethyl adjacent to an activating group) is 1. The third-order valence-electron chi connectivity index (χ3n) is 6.40. The maximum absolute atomic E-state index is 12.9. The number of aryl methyl sites for hydroxylation is 1. The number of hydrogen-bond acceptors (Lipinski definition) is 4. The number of nitrogens with zero attached hydrogens (tertiary/aromatic N) is 4. The molecular formula is C28H26N4OS. The summed E-state index contributed by atoms with van der Waals surface area (Å²) >= 11 is 1.80. The van der Waals surface area contributed by atoms with E-state index in [0.717, 1.165) is 70.5 Å². The van der Waals surface area contributed by atoms with Crippen molar-refractivity contribution in [2.75, 3.05) is 39.0 Å². The highest BCUT2D eigenvalue weighted by Crippen LogP contribution is 2.30. The van der Waals surface area contributed by atoms with E-state index >= 15 is 0 Å². The van der Waals surface area contributed by atoms with E-state index in [4.69, 9.17) is 6.57 Å². The molecule has 34 heavy (non-hydrogen) atoms. The van der Waals surface area contributed by atoms with Crippen molar-refractivity contribution >= 4 is 45.0 Å². The molecule has 2 heterocycles. The van der Waals surface area contributed by atoms with Gasteiger partial charge < -0.3 is 9.80 Å². The molecule has 0 radical (unpaired) electrons. The fourth-order valence-electron chi connectivity index (χ4n) is 4.36. The predicted molar refractivity (Wildman–Crippen MR) is 140 cm³/mol. The topological polar surface area (TPSA) is 40.8 Å². The average Bonchev–Trinajstić information content (AvgIpc) is 2.88. The van der Waals surface area contributed by atoms with Gasteiger partial charge in [-0.3, -0.25) is 9.78 Å². The van der Waals surface area contributed by atoms with E-state index in [-0.39, 0.29) is 5.91 Å². The molecule has 0 spiro atoms. The van der Waals surface area contributed by atoms with E-state index in [0.29, 0.717) is 5.69 Å². The molecule has 5 nitrogen and oxygen atoms in total. The summed E-state index contributed by atoms with van der Waals surface area (Å²) in [6.45, 7) is 10.7. The maximum atomic E-state index is 12.9. The number of carbonyl (C=O) groups is 1. The number of fused-ring (bicyclic) bond motifs is 2. The molecule has 5 rings (SSSR count). The molecule has 1 aliphatic rings. The third kappa shape index (κ3) is 4.77. The minimum atomic E-state index is 0.126. The Morgan fingerprint density at radius 1 is 1.00 bits per heavy atom. The van der Waals surface area contributed by atoms with Crippen LogP contribution in [0.25, 0.3) is 26.5 Å². The summed E-state index contributed by atoms with van der Waals surface area (Å²) in [4.78, 5) is 26.3. The molecule has 0 unspecified atom stereocenters. The largest absolute Gasteiger partial charge is 0.336 e. The van der Waals surface area contributed by atoms with E-state index < -0.39 is 0 Å². The maximum Gasteiger partial charge on any atom is 0.253 e. The molecule has 0 N–H and O–H groups in total. The van der Waals surface area contributed by atoms with Gasteiger partial charge in [0.25, 0.3) is 5.91 Å². The number of thioether (sulfide) groups is 1. The molecule has 1 fully saturated rings. The summed E-state index contributed by atoms with van der Waals surface area (Å²) in [5.74, 6) is 1.06. The summed E-state index contributed by atoms with van der Waals surface area (Å²) in [5.41, 5.74) is 3.61. The summed E-state index contributed by atoms with van der Waals surface area (Å²) < 4.78 is 0. The molecule has 0 saturated carbocycles. The lowest BCUT2D eigenvalue weighted by Gasteiger charge is -2.32. The smallest absolute Gasteiger partial charge is 0.253 e. The molecule has 0 aliphatic carbocycles. The molecule has 1 aliphatic heterocycles. The van der Waals surface area contributed by atoms with Gasteiger partial charge in [0.1, 0.15) is 0 Å². The zero-order chi connectivity index (χ0) is 23.5. The molecule has 170 valence electrons. The molecular weight excluding hydrogens is 440 g/mol. The van der Waals surface area contributed by atoms with Crippen molar-refractivity contribution < 1.29 is 4.79 Å². The second kappa shape index (κ2) is 9.84. The highest BCUT2D eigenvalue weighted by atomic mass is 32.2. The lowest BCUT2D eigenvalue weighted by atomic mass is 10.0. The van der Waals surface area contributed by atoms with Gasteiger partial charge in [-0.2, -0.15) is 0 Å². The van der Waals surface area contributed by atoms with Gasteiger partial charge >= 0.3 is 0 Å². The quantitative estimate of drug-likeness (QED) is 0.281. The van der Waals surface area contributed by atoms with E-state index in [1.165, 1.54) is 5.56 Å². The average molecular weight is 467 g/mol. The molecule has 1 aromatic heterocycles. The first-order valence-electron chi connectivity index (χ1n) is 11.5. The Bertz CT molecular complexity index is 1400. The van der Waals surface area contributed by atoms with Crippen molar-refractivity contribution in [1.29, 1.82) is 0 Å². The second-order valence-electron chi connectivity index (χ2n) is 8.71.